The smallest absolute Gasteiger partial charge is 0.356 e. The van der Waals surface area contributed by atoms with Crippen molar-refractivity contribution < 1.29 is 14.5 Å². The Hall–Kier alpha value is -2.18. The lowest BCUT2D eigenvalue weighted by Crippen LogP contribution is -2.23. The zero-order valence-corrected chi connectivity index (χ0v) is 11.7. The fourth-order valence-corrected chi connectivity index (χ4v) is 2.34. The number of aromatic nitrogens is 1. The minimum atomic E-state index is -0.596. The Balaban J connectivity index is 2.42. The van der Waals surface area contributed by atoms with Crippen LogP contribution in [0.15, 0.2) is 12.1 Å². The SMILES string of the molecule is COC(=O)c1ccc([N+](=O)[O-])c(N2CC(C)C(C)C2)n1. The Labute approximate surface area is 116 Å². The highest BCUT2D eigenvalue weighted by molar-refractivity contribution is 5.88. The van der Waals surface area contributed by atoms with Crippen LogP contribution in [0, 0.1) is 22.0 Å². The van der Waals surface area contributed by atoms with Crippen LogP contribution in [0.4, 0.5) is 11.5 Å². The van der Waals surface area contributed by atoms with E-state index in [1.165, 1.54) is 19.2 Å². The van der Waals surface area contributed by atoms with Gasteiger partial charge < -0.3 is 9.64 Å². The molecule has 0 aliphatic carbocycles. The maximum absolute atomic E-state index is 11.5. The van der Waals surface area contributed by atoms with E-state index in [9.17, 15) is 14.9 Å². The number of pyridine rings is 1. The van der Waals surface area contributed by atoms with Crippen LogP contribution in [-0.4, -0.2) is 36.1 Å². The van der Waals surface area contributed by atoms with Crippen molar-refractivity contribution in [3.05, 3.63) is 27.9 Å². The summed E-state index contributed by atoms with van der Waals surface area (Å²) >= 11 is 0. The maximum atomic E-state index is 11.5. The van der Waals surface area contributed by atoms with Crippen LogP contribution in [0.1, 0.15) is 24.3 Å². The fraction of sp³-hybridized carbons (Fsp3) is 0.538. The summed E-state index contributed by atoms with van der Waals surface area (Å²) in [6.07, 6.45) is 0. The monoisotopic (exact) mass is 279 g/mol. The Morgan fingerprint density at radius 3 is 2.50 bits per heavy atom. The third kappa shape index (κ3) is 2.56. The zero-order valence-electron chi connectivity index (χ0n) is 11.7. The number of ether oxygens (including phenoxy) is 1. The molecule has 0 bridgehead atoms. The summed E-state index contributed by atoms with van der Waals surface area (Å²) in [7, 11) is 1.26. The van der Waals surface area contributed by atoms with Crippen LogP contribution >= 0.6 is 0 Å². The molecule has 0 N–H and O–H groups in total. The lowest BCUT2D eigenvalue weighted by atomic mass is 10.0. The summed E-state index contributed by atoms with van der Waals surface area (Å²) in [6.45, 7) is 5.58. The predicted octanol–water partition coefficient (Wildman–Crippen LogP) is 1.87. The van der Waals surface area contributed by atoms with Gasteiger partial charge in [0, 0.05) is 19.2 Å². The van der Waals surface area contributed by atoms with Gasteiger partial charge in [0.1, 0.15) is 0 Å². The first-order chi connectivity index (χ1) is 9.43. The number of methoxy groups -OCH3 is 1. The van der Waals surface area contributed by atoms with Crippen molar-refractivity contribution in [3.8, 4) is 0 Å². The Morgan fingerprint density at radius 2 is 2.00 bits per heavy atom. The Bertz CT molecular complexity index is 536. The van der Waals surface area contributed by atoms with Gasteiger partial charge in [-0.1, -0.05) is 13.8 Å². The van der Waals surface area contributed by atoms with E-state index < -0.39 is 10.9 Å². The van der Waals surface area contributed by atoms with E-state index in [0.717, 1.165) is 0 Å². The van der Waals surface area contributed by atoms with Gasteiger partial charge >= 0.3 is 11.7 Å². The van der Waals surface area contributed by atoms with Crippen LogP contribution < -0.4 is 4.90 Å². The highest BCUT2D eigenvalue weighted by Gasteiger charge is 2.32. The summed E-state index contributed by atoms with van der Waals surface area (Å²) in [5, 5.41) is 11.1. The van der Waals surface area contributed by atoms with E-state index in [4.69, 9.17) is 0 Å². The number of hydrogen-bond donors (Lipinski definition) is 0. The number of carbonyl (C=O) groups excluding carboxylic acids is 1. The van der Waals surface area contributed by atoms with Crippen LogP contribution in [0.2, 0.25) is 0 Å². The van der Waals surface area contributed by atoms with E-state index in [0.29, 0.717) is 24.9 Å². The number of anilines is 1. The molecule has 1 aromatic rings. The molecule has 0 spiro atoms. The second kappa shape index (κ2) is 5.44. The molecule has 2 unspecified atom stereocenters. The molecule has 2 atom stereocenters. The molecule has 7 nitrogen and oxygen atoms in total. The number of hydrogen-bond acceptors (Lipinski definition) is 6. The highest BCUT2D eigenvalue weighted by atomic mass is 16.6. The van der Waals surface area contributed by atoms with Gasteiger partial charge in [0.15, 0.2) is 5.69 Å². The molecule has 2 heterocycles. The molecule has 1 saturated heterocycles. The molecule has 0 radical (unpaired) electrons. The van der Waals surface area contributed by atoms with E-state index in [2.05, 4.69) is 23.6 Å². The standard InChI is InChI=1S/C13H17N3O4/c1-8-6-15(7-9(8)2)12-11(16(18)19)5-4-10(14-12)13(17)20-3/h4-5,8-9H,6-7H2,1-3H3. The lowest BCUT2D eigenvalue weighted by molar-refractivity contribution is -0.384. The van der Waals surface area contributed by atoms with E-state index in [1.807, 2.05) is 4.90 Å². The first kappa shape index (κ1) is 14.2. The largest absolute Gasteiger partial charge is 0.464 e. The molecule has 2 rings (SSSR count). The first-order valence-electron chi connectivity index (χ1n) is 6.42. The van der Waals surface area contributed by atoms with Gasteiger partial charge in [0.25, 0.3) is 0 Å². The number of rotatable bonds is 3. The number of nitrogens with zero attached hydrogens (tertiary/aromatic N) is 3. The van der Waals surface area contributed by atoms with Crippen molar-refractivity contribution in [1.82, 2.24) is 4.98 Å². The van der Waals surface area contributed by atoms with Gasteiger partial charge in [0.05, 0.1) is 12.0 Å². The first-order valence-corrected chi connectivity index (χ1v) is 6.42. The lowest BCUT2D eigenvalue weighted by Gasteiger charge is -2.17. The molecular formula is C13H17N3O4. The topological polar surface area (TPSA) is 85.6 Å². The van der Waals surface area contributed by atoms with E-state index in [1.54, 1.807) is 0 Å². The van der Waals surface area contributed by atoms with Gasteiger partial charge in [-0.3, -0.25) is 10.1 Å². The van der Waals surface area contributed by atoms with Crippen molar-refractivity contribution in [2.24, 2.45) is 11.8 Å². The average molecular weight is 279 g/mol. The van der Waals surface area contributed by atoms with Gasteiger partial charge in [-0.05, 0) is 17.9 Å². The minimum absolute atomic E-state index is 0.0836. The van der Waals surface area contributed by atoms with Crippen LogP contribution in [0.25, 0.3) is 0 Å². The molecule has 0 aromatic carbocycles. The molecule has 1 aromatic heterocycles. The molecular weight excluding hydrogens is 262 g/mol. The van der Waals surface area contributed by atoms with Crippen molar-refractivity contribution >= 4 is 17.5 Å². The third-order valence-corrected chi connectivity index (χ3v) is 3.73. The number of nitro groups is 1. The van der Waals surface area contributed by atoms with Crippen molar-refractivity contribution in [2.45, 2.75) is 13.8 Å². The Morgan fingerprint density at radius 1 is 1.40 bits per heavy atom. The second-order valence-corrected chi connectivity index (χ2v) is 5.15. The van der Waals surface area contributed by atoms with E-state index in [-0.39, 0.29) is 17.2 Å². The van der Waals surface area contributed by atoms with Gasteiger partial charge in [-0.15, -0.1) is 0 Å². The van der Waals surface area contributed by atoms with Crippen molar-refractivity contribution in [3.63, 3.8) is 0 Å². The summed E-state index contributed by atoms with van der Waals surface area (Å²) in [6, 6.07) is 2.62. The predicted molar refractivity (Wildman–Crippen MR) is 72.8 cm³/mol. The third-order valence-electron chi connectivity index (χ3n) is 3.73. The quantitative estimate of drug-likeness (QED) is 0.477. The summed E-state index contributed by atoms with van der Waals surface area (Å²) in [4.78, 5) is 28.1. The molecule has 0 amide bonds. The normalized spacial score (nSPS) is 21.9. The highest BCUT2D eigenvalue weighted by Crippen LogP contribution is 2.32. The van der Waals surface area contributed by atoms with E-state index >= 15 is 0 Å². The molecule has 1 aliphatic rings. The van der Waals surface area contributed by atoms with Crippen LogP contribution in [0.5, 0.6) is 0 Å². The van der Waals surface area contributed by atoms with Crippen LogP contribution in [0.3, 0.4) is 0 Å². The summed E-state index contributed by atoms with van der Waals surface area (Å²) in [5.74, 6) is 0.506. The van der Waals surface area contributed by atoms with Gasteiger partial charge in [-0.25, -0.2) is 9.78 Å². The average Bonchev–Trinajstić information content (AvgIpc) is 2.77. The minimum Gasteiger partial charge on any atom is -0.464 e. The Kier molecular flexibility index (Phi) is 3.87. The van der Waals surface area contributed by atoms with Gasteiger partial charge in [-0.2, -0.15) is 0 Å². The summed E-state index contributed by atoms with van der Waals surface area (Å²) in [5.41, 5.74) is -0.000686. The van der Waals surface area contributed by atoms with Crippen LogP contribution in [-0.2, 0) is 4.74 Å². The molecule has 20 heavy (non-hydrogen) atoms. The second-order valence-electron chi connectivity index (χ2n) is 5.15. The van der Waals surface area contributed by atoms with Crippen molar-refractivity contribution in [2.75, 3.05) is 25.1 Å². The number of carbonyl (C=O) groups is 1. The number of esters is 1. The van der Waals surface area contributed by atoms with Gasteiger partial charge in [0.2, 0.25) is 5.82 Å². The maximum Gasteiger partial charge on any atom is 0.356 e. The fourth-order valence-electron chi connectivity index (χ4n) is 2.34. The molecule has 7 heteroatoms. The molecule has 1 aliphatic heterocycles. The molecule has 0 saturated carbocycles. The summed E-state index contributed by atoms with van der Waals surface area (Å²) < 4.78 is 4.61. The van der Waals surface area contributed by atoms with Crippen molar-refractivity contribution in [1.29, 1.82) is 0 Å². The molecule has 108 valence electrons. The zero-order chi connectivity index (χ0) is 14.9. The molecule has 1 fully saturated rings.